The predicted molar refractivity (Wildman–Crippen MR) is 85.3 cm³/mol. The van der Waals surface area contributed by atoms with Crippen molar-refractivity contribution in [2.24, 2.45) is 5.14 Å². The summed E-state index contributed by atoms with van der Waals surface area (Å²) in [4.78, 5) is 0. The van der Waals surface area contributed by atoms with Gasteiger partial charge in [-0.15, -0.1) is 5.10 Å². The lowest BCUT2D eigenvalue weighted by atomic mass is 10.2. The molecule has 3 N–H and O–H groups in total. The van der Waals surface area contributed by atoms with Crippen molar-refractivity contribution in [1.82, 2.24) is 19.7 Å². The molecule has 8 nitrogen and oxygen atoms in total. The highest BCUT2D eigenvalue weighted by Crippen LogP contribution is 2.26. The van der Waals surface area contributed by atoms with E-state index in [4.69, 9.17) is 9.88 Å². The number of aromatic nitrogens is 3. The second-order valence-corrected chi connectivity index (χ2v) is 6.51. The molecule has 1 heterocycles. The van der Waals surface area contributed by atoms with Crippen LogP contribution in [0.4, 0.5) is 8.78 Å². The number of nitrogens with zero attached hydrogens (tertiary/aromatic N) is 3. The van der Waals surface area contributed by atoms with Gasteiger partial charge in [0, 0.05) is 18.7 Å². The van der Waals surface area contributed by atoms with Gasteiger partial charge in [0.15, 0.2) is 11.6 Å². The van der Waals surface area contributed by atoms with Crippen molar-refractivity contribution in [1.29, 1.82) is 0 Å². The Kier molecular flexibility index (Phi) is 4.37. The average Bonchev–Trinajstić information content (AvgIpc) is 2.94. The lowest BCUT2D eigenvalue weighted by Gasteiger charge is -2.08. The molecular formula is C14H13F2N5O3S. The molecule has 25 heavy (non-hydrogen) atoms. The van der Waals surface area contributed by atoms with Crippen LogP contribution in [0.3, 0.4) is 0 Å². The minimum Gasteiger partial charge on any atom is -0.494 e. The zero-order valence-corrected chi connectivity index (χ0v) is 13.7. The molecule has 0 spiro atoms. The highest BCUT2D eigenvalue weighted by Gasteiger charge is 2.15. The van der Waals surface area contributed by atoms with Crippen molar-refractivity contribution in [3.63, 3.8) is 0 Å². The Bertz CT molecular complexity index is 1050. The molecule has 0 radical (unpaired) electrons. The van der Waals surface area contributed by atoms with Crippen LogP contribution < -0.4 is 14.6 Å². The quantitative estimate of drug-likeness (QED) is 0.697. The summed E-state index contributed by atoms with van der Waals surface area (Å²) in [7, 11) is -2.56. The molecule has 3 aromatic rings. The van der Waals surface area contributed by atoms with E-state index in [-0.39, 0.29) is 23.5 Å². The number of rotatable bonds is 5. The van der Waals surface area contributed by atoms with Gasteiger partial charge in [-0.2, -0.15) is 13.1 Å². The zero-order chi connectivity index (χ0) is 18.2. The smallest absolute Gasteiger partial charge is 0.274 e. The molecule has 0 aliphatic rings. The molecule has 0 aliphatic heterocycles. The summed E-state index contributed by atoms with van der Waals surface area (Å²) in [5.74, 6) is -1.31. The van der Waals surface area contributed by atoms with Crippen molar-refractivity contribution in [2.75, 3.05) is 7.11 Å². The summed E-state index contributed by atoms with van der Waals surface area (Å²) in [6, 6.07) is 6.50. The summed E-state index contributed by atoms with van der Waals surface area (Å²) >= 11 is 0. The molecule has 0 bridgehead atoms. The van der Waals surface area contributed by atoms with Crippen LogP contribution in [0.5, 0.6) is 5.75 Å². The average molecular weight is 369 g/mol. The summed E-state index contributed by atoms with van der Waals surface area (Å²) in [5.41, 5.74) is 0.976. The maximum absolute atomic E-state index is 14.4. The van der Waals surface area contributed by atoms with Gasteiger partial charge in [-0.3, -0.25) is 0 Å². The predicted octanol–water partition coefficient (Wildman–Crippen LogP) is 1.00. The minimum atomic E-state index is -3.88. The molecule has 132 valence electrons. The molecule has 0 aliphatic carbocycles. The number of halogens is 2. The first kappa shape index (κ1) is 17.2. The van der Waals surface area contributed by atoms with Crippen LogP contribution in [-0.2, 0) is 16.8 Å². The Hall–Kier alpha value is -2.63. The third-order valence-corrected chi connectivity index (χ3v) is 3.98. The van der Waals surface area contributed by atoms with Crippen LogP contribution in [0.25, 0.3) is 16.7 Å². The Morgan fingerprint density at radius 1 is 1.24 bits per heavy atom. The number of methoxy groups -OCH3 is 1. The van der Waals surface area contributed by atoms with Crippen LogP contribution in [0.2, 0.25) is 0 Å². The molecule has 1 aromatic heterocycles. The number of benzene rings is 2. The van der Waals surface area contributed by atoms with E-state index in [0.717, 1.165) is 16.8 Å². The summed E-state index contributed by atoms with van der Waals surface area (Å²) in [5, 5.41) is 12.5. The first-order valence-corrected chi connectivity index (χ1v) is 8.48. The molecule has 11 heteroatoms. The van der Waals surface area contributed by atoms with Crippen molar-refractivity contribution in [2.45, 2.75) is 6.54 Å². The van der Waals surface area contributed by atoms with Crippen molar-refractivity contribution in [3.8, 4) is 11.4 Å². The molecule has 3 rings (SSSR count). The van der Waals surface area contributed by atoms with Gasteiger partial charge in [-0.25, -0.2) is 18.6 Å². The minimum absolute atomic E-state index is 0.00411. The van der Waals surface area contributed by atoms with Crippen LogP contribution in [0.1, 0.15) is 5.56 Å². The summed E-state index contributed by atoms with van der Waals surface area (Å²) in [6.07, 6.45) is 0. The third-order valence-electron chi connectivity index (χ3n) is 3.44. The number of fused-ring (bicyclic) bond motifs is 1. The van der Waals surface area contributed by atoms with Gasteiger partial charge in [-0.05, 0) is 17.7 Å². The molecular weight excluding hydrogens is 356 g/mol. The number of hydrogen-bond donors (Lipinski definition) is 2. The van der Waals surface area contributed by atoms with E-state index in [1.165, 1.54) is 25.3 Å². The molecule has 0 amide bonds. The van der Waals surface area contributed by atoms with E-state index >= 15 is 0 Å². The molecule has 2 aromatic carbocycles. The SMILES string of the molecule is COc1cc2nnn(-c3ccc(CNS(N)(=O)=O)cc3F)c2cc1F. The fraction of sp³-hybridized carbons (Fsp3) is 0.143. The summed E-state index contributed by atoms with van der Waals surface area (Å²) < 4.78 is 58.1. The number of nitrogens with two attached hydrogens (primary N) is 1. The molecule has 0 saturated carbocycles. The zero-order valence-electron chi connectivity index (χ0n) is 12.9. The Labute approximate surface area is 141 Å². The monoisotopic (exact) mass is 369 g/mol. The topological polar surface area (TPSA) is 112 Å². The number of nitrogens with one attached hydrogen (secondary N) is 1. The largest absolute Gasteiger partial charge is 0.494 e. The third kappa shape index (κ3) is 3.57. The maximum atomic E-state index is 14.4. The van der Waals surface area contributed by atoms with Gasteiger partial charge in [-0.1, -0.05) is 11.3 Å². The van der Waals surface area contributed by atoms with E-state index in [9.17, 15) is 17.2 Å². The van der Waals surface area contributed by atoms with Crippen molar-refractivity contribution < 1.29 is 21.9 Å². The van der Waals surface area contributed by atoms with Crippen LogP contribution in [0.15, 0.2) is 30.3 Å². The van der Waals surface area contributed by atoms with E-state index in [1.54, 1.807) is 0 Å². The maximum Gasteiger partial charge on any atom is 0.274 e. The van der Waals surface area contributed by atoms with Gasteiger partial charge in [0.1, 0.15) is 17.0 Å². The van der Waals surface area contributed by atoms with Crippen LogP contribution >= 0.6 is 0 Å². The Balaban J connectivity index is 1.99. The molecule has 0 fully saturated rings. The normalized spacial score (nSPS) is 11.8. The van der Waals surface area contributed by atoms with Crippen LogP contribution in [-0.4, -0.2) is 30.5 Å². The second-order valence-electron chi connectivity index (χ2n) is 5.13. The van der Waals surface area contributed by atoms with Gasteiger partial charge in [0.25, 0.3) is 10.2 Å². The molecule has 0 saturated heterocycles. The second kappa shape index (κ2) is 6.35. The van der Waals surface area contributed by atoms with Crippen LogP contribution in [0, 0.1) is 11.6 Å². The lowest BCUT2D eigenvalue weighted by Crippen LogP contribution is -2.30. The highest BCUT2D eigenvalue weighted by atomic mass is 32.2. The van der Waals surface area contributed by atoms with E-state index in [0.29, 0.717) is 11.1 Å². The van der Waals surface area contributed by atoms with Gasteiger partial charge >= 0.3 is 0 Å². The Morgan fingerprint density at radius 2 is 2.00 bits per heavy atom. The first-order valence-electron chi connectivity index (χ1n) is 6.93. The first-order chi connectivity index (χ1) is 11.8. The number of hydrogen-bond acceptors (Lipinski definition) is 5. The fourth-order valence-electron chi connectivity index (χ4n) is 2.27. The molecule has 0 atom stereocenters. The fourth-order valence-corrected chi connectivity index (χ4v) is 2.64. The standard InChI is InChI=1S/C14H13F2N5O3S/c1-24-14-6-11-13(5-10(14)16)21(20-19-11)12-3-2-8(4-9(12)15)7-18-25(17,22)23/h2-6,18H,7H2,1H3,(H2,17,22,23). The highest BCUT2D eigenvalue weighted by molar-refractivity contribution is 7.87. The summed E-state index contributed by atoms with van der Waals surface area (Å²) in [6.45, 7) is -0.167. The Morgan fingerprint density at radius 3 is 2.64 bits per heavy atom. The van der Waals surface area contributed by atoms with Crippen molar-refractivity contribution >= 4 is 21.2 Å². The van der Waals surface area contributed by atoms with E-state index in [1.807, 2.05) is 0 Å². The van der Waals surface area contributed by atoms with Gasteiger partial charge < -0.3 is 4.74 Å². The van der Waals surface area contributed by atoms with Gasteiger partial charge in [0.05, 0.1) is 12.6 Å². The number of ether oxygens (including phenoxy) is 1. The molecule has 0 unspecified atom stereocenters. The van der Waals surface area contributed by atoms with E-state index < -0.39 is 21.8 Å². The van der Waals surface area contributed by atoms with Gasteiger partial charge in [0.2, 0.25) is 0 Å². The lowest BCUT2D eigenvalue weighted by molar-refractivity contribution is 0.387. The van der Waals surface area contributed by atoms with E-state index in [2.05, 4.69) is 15.0 Å². The van der Waals surface area contributed by atoms with Crippen molar-refractivity contribution in [3.05, 3.63) is 47.5 Å².